The SMILES string of the molecule is Cc1c(N)nc([C@@H](CC(N)=O)NC[C@H](N)C(N)=O)nc1C(=O)N[C@H](C(=O)N[C@@H](C)[C@@H](O)[C@@H](C)C(=O)N[C@H](C(=O)NCCc1nc(-c2nc(C(=O)NCCCN[C@H](C)c3ccccc3)cs2)cs1)[C@H](C)O)[C@@H](O[C@H]1O[C@@H](CO)[C@H](O)[C@@H](O)[C@H]1O[C@H]1O[C@@H](CO)[C@@H](O)[C@H](OC(N)=O)[C@H]1O)c1cnc[nH]1. The summed E-state index contributed by atoms with van der Waals surface area (Å²) in [7, 11) is 0. The number of nitrogens with one attached hydrogen (secondary N) is 8. The van der Waals surface area contributed by atoms with Gasteiger partial charge in [-0.15, -0.1) is 22.7 Å². The van der Waals surface area contributed by atoms with Gasteiger partial charge in [-0.2, -0.15) is 0 Å². The maximum atomic E-state index is 15.2. The van der Waals surface area contributed by atoms with Crippen LogP contribution in [-0.2, 0) is 54.1 Å². The van der Waals surface area contributed by atoms with Crippen LogP contribution >= 0.6 is 22.7 Å². The van der Waals surface area contributed by atoms with E-state index in [1.807, 2.05) is 30.3 Å². The lowest BCUT2D eigenvalue weighted by atomic mass is 9.96. The topological polar surface area (TPSA) is 639 Å². The van der Waals surface area contributed by atoms with E-state index in [1.54, 1.807) is 10.8 Å². The Hall–Kier alpha value is -8.47. The Bertz CT molecular complexity index is 3620. The van der Waals surface area contributed by atoms with Crippen molar-refractivity contribution in [1.82, 2.24) is 67.1 Å². The van der Waals surface area contributed by atoms with Gasteiger partial charge < -0.3 is 135 Å². The number of nitrogens with zero attached hydrogens (tertiary/aromatic N) is 5. The maximum Gasteiger partial charge on any atom is 0.404 e. The van der Waals surface area contributed by atoms with E-state index in [-0.39, 0.29) is 60.1 Å². The minimum absolute atomic E-state index is 0.0169. The van der Waals surface area contributed by atoms with Crippen LogP contribution in [0.4, 0.5) is 10.6 Å². The molecule has 2 saturated heterocycles. The molecule has 41 heteroatoms. The van der Waals surface area contributed by atoms with Crippen molar-refractivity contribution in [3.8, 4) is 10.7 Å². The van der Waals surface area contributed by atoms with Gasteiger partial charge in [0.15, 0.2) is 18.7 Å². The van der Waals surface area contributed by atoms with Crippen LogP contribution in [0.1, 0.15) is 107 Å². The Kier molecular flexibility index (Phi) is 29.8. The molecule has 7 rings (SSSR count). The number of H-pyrrole nitrogens is 1. The van der Waals surface area contributed by atoms with Crippen LogP contribution in [-0.4, -0.2) is 255 Å². The molecule has 2 fully saturated rings. The zero-order valence-corrected chi connectivity index (χ0v) is 57.6. The van der Waals surface area contributed by atoms with E-state index >= 15 is 4.79 Å². The van der Waals surface area contributed by atoms with Gasteiger partial charge in [-0.1, -0.05) is 37.3 Å². The lowest BCUT2D eigenvalue weighted by Gasteiger charge is -2.47. The van der Waals surface area contributed by atoms with Gasteiger partial charge in [0.05, 0.1) is 72.7 Å². The van der Waals surface area contributed by atoms with E-state index in [2.05, 4.69) is 74.0 Å². The Morgan fingerprint density at radius 1 is 0.735 bits per heavy atom. The summed E-state index contributed by atoms with van der Waals surface area (Å²) in [4.78, 5) is 131. The molecule has 2 aliphatic heterocycles. The van der Waals surface area contributed by atoms with Crippen molar-refractivity contribution in [3.63, 3.8) is 0 Å². The average Bonchev–Trinajstić information content (AvgIpc) is 1.13. The van der Waals surface area contributed by atoms with Gasteiger partial charge in [0.25, 0.3) is 11.8 Å². The summed E-state index contributed by atoms with van der Waals surface area (Å²) in [6.45, 7) is 5.81. The monoisotopic (exact) mass is 1470 g/mol. The van der Waals surface area contributed by atoms with Crippen molar-refractivity contribution in [2.75, 3.05) is 45.1 Å². The van der Waals surface area contributed by atoms with Gasteiger partial charge >= 0.3 is 6.09 Å². The first-order valence-electron chi connectivity index (χ1n) is 32.2. The molecular formula is C61H88N18O21S2. The normalized spacial score (nSPS) is 23.5. The molecule has 6 heterocycles. The predicted octanol–water partition coefficient (Wildman–Crippen LogP) is -6.23. The molecule has 0 unspecified atom stereocenters. The molecule has 4 aromatic heterocycles. The number of benzene rings is 1. The number of amides is 8. The number of aliphatic hydroxyl groups excluding tert-OH is 8. The lowest BCUT2D eigenvalue weighted by molar-refractivity contribution is -0.372. The second-order valence-corrected chi connectivity index (χ2v) is 26.0. The number of nitrogen functional groups attached to an aromatic ring is 1. The largest absolute Gasteiger partial charge is 0.441 e. The third-order valence-corrected chi connectivity index (χ3v) is 18.4. The van der Waals surface area contributed by atoms with Crippen LogP contribution in [0.15, 0.2) is 53.6 Å². The van der Waals surface area contributed by atoms with Crippen LogP contribution in [0.25, 0.3) is 10.7 Å². The molecular weight excluding hydrogens is 1380 g/mol. The molecule has 8 amide bonds. The summed E-state index contributed by atoms with van der Waals surface area (Å²) in [5.74, 6) is -8.75. The Balaban J connectivity index is 1.08. The highest BCUT2D eigenvalue weighted by Gasteiger charge is 2.54. The van der Waals surface area contributed by atoms with Gasteiger partial charge in [-0.25, -0.2) is 29.7 Å². The van der Waals surface area contributed by atoms with Crippen molar-refractivity contribution in [2.45, 2.75) is 170 Å². The summed E-state index contributed by atoms with van der Waals surface area (Å²) >= 11 is 2.50. The number of carbonyl (C=O) groups excluding carboxylic acids is 8. The highest BCUT2D eigenvalue weighted by atomic mass is 32.1. The number of carbonyl (C=O) groups is 8. The van der Waals surface area contributed by atoms with Gasteiger partial charge in [0.2, 0.25) is 29.5 Å². The van der Waals surface area contributed by atoms with Crippen molar-refractivity contribution in [3.05, 3.63) is 92.7 Å². The van der Waals surface area contributed by atoms with Crippen molar-refractivity contribution in [1.29, 1.82) is 0 Å². The summed E-state index contributed by atoms with van der Waals surface area (Å²) in [5.41, 5.74) is 29.2. The fourth-order valence-electron chi connectivity index (χ4n) is 10.7. The number of hydrogen-bond acceptors (Lipinski definition) is 32. The third-order valence-electron chi connectivity index (χ3n) is 16.7. The molecule has 0 saturated carbocycles. The van der Waals surface area contributed by atoms with Crippen LogP contribution in [0.2, 0.25) is 0 Å². The van der Waals surface area contributed by atoms with Crippen LogP contribution in [0.5, 0.6) is 0 Å². The number of rotatable bonds is 37. The third kappa shape index (κ3) is 21.3. The number of hydrogen-bond donors (Lipinski definition) is 21. The number of nitrogens with two attached hydrogens (primary N) is 5. The van der Waals surface area contributed by atoms with Crippen LogP contribution in [0, 0.1) is 12.8 Å². The second-order valence-electron chi connectivity index (χ2n) is 24.2. The first-order valence-corrected chi connectivity index (χ1v) is 33.9. The Morgan fingerprint density at radius 3 is 2.08 bits per heavy atom. The van der Waals surface area contributed by atoms with Gasteiger partial charge in [0, 0.05) is 54.8 Å². The Labute approximate surface area is 590 Å². The van der Waals surface area contributed by atoms with Crippen molar-refractivity contribution < 1.29 is 103 Å². The summed E-state index contributed by atoms with van der Waals surface area (Å²) in [5, 5.41) is 112. The molecule has 0 bridgehead atoms. The number of anilines is 1. The number of aromatic nitrogens is 6. The fourth-order valence-corrected chi connectivity index (χ4v) is 12.3. The summed E-state index contributed by atoms with van der Waals surface area (Å²) in [6.07, 6.45) is -24.5. The second kappa shape index (κ2) is 37.6. The van der Waals surface area contributed by atoms with E-state index in [0.717, 1.165) is 18.1 Å². The summed E-state index contributed by atoms with van der Waals surface area (Å²) < 4.78 is 28.8. The van der Waals surface area contributed by atoms with E-state index in [4.69, 9.17) is 52.4 Å². The van der Waals surface area contributed by atoms with Crippen molar-refractivity contribution >= 4 is 75.9 Å². The molecule has 0 radical (unpaired) electrons. The number of ether oxygens (including phenoxy) is 5. The molecule has 39 nitrogen and oxygen atoms in total. The first kappa shape index (κ1) is 80.8. The fraction of sp³-hybridized carbons (Fsp3) is 0.557. The molecule has 1 aromatic carbocycles. The number of imidazole rings is 1. The zero-order chi connectivity index (χ0) is 74.8. The molecule has 560 valence electrons. The Morgan fingerprint density at radius 2 is 1.43 bits per heavy atom. The number of aliphatic hydroxyl groups is 8. The van der Waals surface area contributed by atoms with E-state index in [0.29, 0.717) is 35.2 Å². The molecule has 20 atom stereocenters. The minimum Gasteiger partial charge on any atom is -0.441 e. The van der Waals surface area contributed by atoms with E-state index in [1.165, 1.54) is 50.4 Å². The lowest BCUT2D eigenvalue weighted by Crippen LogP contribution is -2.65. The zero-order valence-electron chi connectivity index (χ0n) is 55.9. The number of primary amides is 3. The quantitative estimate of drug-likeness (QED) is 0.0165. The standard InChI is InChI=1S/C61H88N18O21S2/c1-24-39(76-52(79-50(24)64)31(16-37(63)83)71-17-30(62)51(65)89)56(93)78-41(47(32-18-67-23-72-32)98-60-49(45(87)43(85)35(19-80)97-60)99-59-46(88)48(100-61(66)95)44(86)36(20-81)96-59)57(94)73-27(4)42(84)25(2)53(90)77-40(28(5)82)55(92)70-15-12-38-74-34(22-101-38)58-75-33(21-102-58)54(91)69-14-9-13-68-26(3)29-10-7-6-8-11-29/h6-8,10-11,18,21-23,25-28,30-31,35-36,40-49,59-60,68,71,80-82,84-88H,9,12-17,19-20,62H2,1-5H3,(H2,63,83)(H2,65,89)(H2,66,95)(H,67,72)(H,69,91)(H,70,92)(H,73,94)(H,77,90)(H,78,93)(H2,64,76,79)/t25-,26-,27+,28+,30+,31-,35+,36+,40+,41+,42+,43+,44-,45-,46-,47+,48+,49-,59-,60-/m1/s1. The van der Waals surface area contributed by atoms with Gasteiger partial charge in [-0.3, -0.25) is 33.6 Å². The van der Waals surface area contributed by atoms with E-state index in [9.17, 15) is 74.4 Å². The first-order chi connectivity index (χ1) is 48.4. The van der Waals surface area contributed by atoms with Crippen LogP contribution in [0.3, 0.4) is 0 Å². The van der Waals surface area contributed by atoms with Gasteiger partial charge in [-0.05, 0) is 46.2 Å². The smallest absolute Gasteiger partial charge is 0.404 e. The molecule has 26 N–H and O–H groups in total. The van der Waals surface area contributed by atoms with Crippen LogP contribution < -0.4 is 65.9 Å². The highest BCUT2D eigenvalue weighted by Crippen LogP contribution is 2.35. The maximum absolute atomic E-state index is 15.2. The molecule has 0 aliphatic carbocycles. The average molecular weight is 1470 g/mol. The van der Waals surface area contributed by atoms with Crippen molar-refractivity contribution in [2.24, 2.45) is 28.9 Å². The summed E-state index contributed by atoms with van der Waals surface area (Å²) in [6, 6.07) is 2.26. The molecule has 5 aromatic rings. The minimum atomic E-state index is -2.20. The molecule has 2 aliphatic rings. The predicted molar refractivity (Wildman–Crippen MR) is 358 cm³/mol. The molecule has 0 spiro atoms. The number of aromatic amines is 1. The number of thiazole rings is 2. The van der Waals surface area contributed by atoms with E-state index < -0.39 is 183 Å². The van der Waals surface area contributed by atoms with Gasteiger partial charge in [0.1, 0.15) is 94.6 Å². The molecule has 102 heavy (non-hydrogen) atoms. The highest BCUT2D eigenvalue weighted by molar-refractivity contribution is 7.14.